The van der Waals surface area contributed by atoms with E-state index in [1.54, 1.807) is 13.0 Å². The van der Waals surface area contributed by atoms with Crippen LogP contribution in [0, 0.1) is 11.8 Å². The lowest BCUT2D eigenvalue weighted by Gasteiger charge is -2.23. The van der Waals surface area contributed by atoms with Crippen LogP contribution in [0.3, 0.4) is 0 Å². The highest BCUT2D eigenvalue weighted by Gasteiger charge is 2.39. The van der Waals surface area contributed by atoms with Gasteiger partial charge in [-0.3, -0.25) is 4.79 Å². The van der Waals surface area contributed by atoms with Crippen molar-refractivity contribution in [2.45, 2.75) is 89.4 Å². The van der Waals surface area contributed by atoms with Crippen LogP contribution in [0.15, 0.2) is 24.3 Å². The van der Waals surface area contributed by atoms with Crippen LogP contribution in [0.25, 0.3) is 0 Å². The number of aliphatic hydroxyl groups excluding tert-OH is 2. The summed E-state index contributed by atoms with van der Waals surface area (Å²) < 4.78 is 4.61. The van der Waals surface area contributed by atoms with Crippen LogP contribution in [0.1, 0.15) is 71.6 Å². The second-order valence-electron chi connectivity index (χ2n) is 7.96. The summed E-state index contributed by atoms with van der Waals surface area (Å²) in [6.45, 7) is 3.93. The van der Waals surface area contributed by atoms with Crippen LogP contribution in [0.2, 0.25) is 0 Å². The van der Waals surface area contributed by atoms with Crippen molar-refractivity contribution in [1.82, 2.24) is 0 Å². The number of esters is 1. The Balaban J connectivity index is 2.54. The minimum Gasteiger partial charge on any atom is -0.469 e. The number of carbonyl (C=O) groups excluding carboxylic acids is 1. The summed E-state index contributed by atoms with van der Waals surface area (Å²) in [6.07, 6.45) is 13.4. The van der Waals surface area contributed by atoms with Gasteiger partial charge in [0, 0.05) is 18.8 Å². The lowest BCUT2D eigenvalue weighted by Crippen LogP contribution is -2.24. The molecule has 0 aromatic heterocycles. The van der Waals surface area contributed by atoms with Crippen molar-refractivity contribution in [2.24, 2.45) is 11.8 Å². The first-order valence-corrected chi connectivity index (χ1v) is 10.3. The Bertz CT molecular complexity index is 483. The molecule has 5 atom stereocenters. The molecule has 156 valence electrons. The third kappa shape index (κ3) is 9.04. The molecule has 0 bridgehead atoms. The van der Waals surface area contributed by atoms with Crippen LogP contribution in [0.4, 0.5) is 0 Å². The molecule has 1 aliphatic rings. The van der Waals surface area contributed by atoms with Gasteiger partial charge in [0.2, 0.25) is 0 Å². The molecule has 0 amide bonds. The molecule has 0 spiro atoms. The van der Waals surface area contributed by atoms with Gasteiger partial charge in [0.15, 0.2) is 0 Å². The fourth-order valence-electron chi connectivity index (χ4n) is 3.68. The maximum absolute atomic E-state index is 11.1. The highest BCUT2D eigenvalue weighted by Crippen LogP contribution is 2.37. The summed E-state index contributed by atoms with van der Waals surface area (Å²) in [6, 6.07) is 0. The number of aliphatic hydroxyl groups is 3. The summed E-state index contributed by atoms with van der Waals surface area (Å²) >= 11 is 0. The Labute approximate surface area is 164 Å². The van der Waals surface area contributed by atoms with Crippen molar-refractivity contribution < 1.29 is 24.9 Å². The molecular formula is C22H38O5. The van der Waals surface area contributed by atoms with Crippen molar-refractivity contribution in [1.29, 1.82) is 0 Å². The van der Waals surface area contributed by atoms with Crippen molar-refractivity contribution in [3.63, 3.8) is 0 Å². The molecule has 0 aromatic carbocycles. The zero-order chi connectivity index (χ0) is 20.3. The van der Waals surface area contributed by atoms with E-state index < -0.39 is 17.8 Å². The number of hydrogen-bond acceptors (Lipinski definition) is 5. The predicted octanol–water partition coefficient (Wildman–Crippen LogP) is 3.52. The first-order chi connectivity index (χ1) is 12.8. The summed E-state index contributed by atoms with van der Waals surface area (Å²) in [4.78, 5) is 11.1. The Morgan fingerprint density at radius 2 is 1.93 bits per heavy atom. The Morgan fingerprint density at radius 1 is 1.19 bits per heavy atom. The van der Waals surface area contributed by atoms with Crippen LogP contribution < -0.4 is 0 Å². The molecule has 27 heavy (non-hydrogen) atoms. The van der Waals surface area contributed by atoms with E-state index in [1.165, 1.54) is 7.11 Å². The van der Waals surface area contributed by atoms with Crippen molar-refractivity contribution in [2.75, 3.05) is 7.11 Å². The average Bonchev–Trinajstić information content (AvgIpc) is 2.89. The van der Waals surface area contributed by atoms with Crippen molar-refractivity contribution in [3.8, 4) is 0 Å². The maximum atomic E-state index is 11.1. The van der Waals surface area contributed by atoms with E-state index in [1.807, 2.05) is 18.2 Å². The molecule has 1 saturated carbocycles. The second-order valence-corrected chi connectivity index (χ2v) is 7.96. The number of carbonyl (C=O) groups is 1. The maximum Gasteiger partial charge on any atom is 0.305 e. The van der Waals surface area contributed by atoms with Gasteiger partial charge in [0.25, 0.3) is 0 Å². The van der Waals surface area contributed by atoms with E-state index in [0.29, 0.717) is 25.7 Å². The molecule has 0 aliphatic heterocycles. The molecular weight excluding hydrogens is 344 g/mol. The zero-order valence-electron chi connectivity index (χ0n) is 17.1. The predicted molar refractivity (Wildman–Crippen MR) is 107 cm³/mol. The first-order valence-electron chi connectivity index (χ1n) is 10.3. The van der Waals surface area contributed by atoms with Gasteiger partial charge in [-0.2, -0.15) is 0 Å². The molecule has 1 aliphatic carbocycles. The fourth-order valence-corrected chi connectivity index (χ4v) is 3.68. The molecule has 3 N–H and O–H groups in total. The summed E-state index contributed by atoms with van der Waals surface area (Å²) in [5.41, 5.74) is -0.878. The fraction of sp³-hybridized carbons (Fsp3) is 0.773. The molecule has 5 heteroatoms. The Kier molecular flexibility index (Phi) is 10.9. The molecule has 0 radical (unpaired) electrons. The molecule has 1 fully saturated rings. The normalized spacial score (nSPS) is 28.1. The van der Waals surface area contributed by atoms with Crippen LogP contribution in [-0.2, 0) is 9.53 Å². The summed E-state index contributed by atoms with van der Waals surface area (Å²) in [7, 11) is 1.39. The minimum atomic E-state index is -0.878. The topological polar surface area (TPSA) is 87.0 Å². The van der Waals surface area contributed by atoms with Crippen LogP contribution in [-0.4, -0.2) is 46.2 Å². The van der Waals surface area contributed by atoms with Gasteiger partial charge < -0.3 is 20.1 Å². The molecule has 0 aromatic rings. The van der Waals surface area contributed by atoms with Gasteiger partial charge in [-0.05, 0) is 38.5 Å². The smallest absolute Gasteiger partial charge is 0.305 e. The number of methoxy groups -OCH3 is 1. The van der Waals surface area contributed by atoms with E-state index in [2.05, 4.69) is 11.7 Å². The van der Waals surface area contributed by atoms with Gasteiger partial charge in [-0.15, -0.1) is 0 Å². The van der Waals surface area contributed by atoms with E-state index in [-0.39, 0.29) is 17.8 Å². The number of allylic oxidation sites excluding steroid dienone is 2. The lowest BCUT2D eigenvalue weighted by molar-refractivity contribution is -0.140. The van der Waals surface area contributed by atoms with Crippen molar-refractivity contribution in [3.05, 3.63) is 24.3 Å². The van der Waals surface area contributed by atoms with Gasteiger partial charge >= 0.3 is 5.97 Å². The summed E-state index contributed by atoms with van der Waals surface area (Å²) in [5.74, 6) is -0.411. The van der Waals surface area contributed by atoms with E-state index in [9.17, 15) is 20.1 Å². The largest absolute Gasteiger partial charge is 0.469 e. The highest BCUT2D eigenvalue weighted by atomic mass is 16.5. The number of unbranched alkanes of at least 4 members (excludes halogenated alkanes) is 3. The van der Waals surface area contributed by atoms with Gasteiger partial charge in [0.1, 0.15) is 0 Å². The Morgan fingerprint density at radius 3 is 2.59 bits per heavy atom. The first kappa shape index (κ1) is 23.9. The molecule has 0 saturated heterocycles. The quantitative estimate of drug-likeness (QED) is 0.273. The molecule has 0 heterocycles. The standard InChI is InChI=1S/C22H38O5/c1-4-5-10-14-22(2,26)15-13-18-17(19(23)16-20(18)24)11-8-6-7-9-12-21(25)27-3/h6,8,13,15,17-20,23-24,26H,4-5,7,9-12,14,16H2,1-3H3/t17-,18?,19?,20?,22?/m0/s1. The zero-order valence-corrected chi connectivity index (χ0v) is 17.1. The number of hydrogen-bond donors (Lipinski definition) is 3. The lowest BCUT2D eigenvalue weighted by atomic mass is 9.88. The monoisotopic (exact) mass is 382 g/mol. The minimum absolute atomic E-state index is 0.0560. The number of ether oxygens (including phenoxy) is 1. The van der Waals surface area contributed by atoms with E-state index >= 15 is 0 Å². The van der Waals surface area contributed by atoms with Crippen molar-refractivity contribution >= 4 is 5.97 Å². The Hall–Kier alpha value is -1.17. The van der Waals surface area contributed by atoms with Crippen LogP contribution in [0.5, 0.6) is 0 Å². The van der Waals surface area contributed by atoms with Crippen LogP contribution >= 0.6 is 0 Å². The molecule has 5 nitrogen and oxygen atoms in total. The average molecular weight is 383 g/mol. The number of rotatable bonds is 12. The third-order valence-electron chi connectivity index (χ3n) is 5.43. The third-order valence-corrected chi connectivity index (χ3v) is 5.43. The van der Waals surface area contributed by atoms with E-state index in [0.717, 1.165) is 32.1 Å². The van der Waals surface area contributed by atoms with Gasteiger partial charge in [-0.25, -0.2) is 0 Å². The second kappa shape index (κ2) is 12.3. The van der Waals surface area contributed by atoms with E-state index in [4.69, 9.17) is 0 Å². The molecule has 1 rings (SSSR count). The van der Waals surface area contributed by atoms with Gasteiger partial charge in [-0.1, -0.05) is 50.5 Å². The van der Waals surface area contributed by atoms with Gasteiger partial charge in [0.05, 0.1) is 24.9 Å². The SMILES string of the molecule is CCCCCC(C)(O)C=CC1C(O)CC(O)[C@H]1CC=CCCCC(=O)OC. The highest BCUT2D eigenvalue weighted by molar-refractivity contribution is 5.69. The summed E-state index contributed by atoms with van der Waals surface area (Å²) in [5, 5.41) is 31.1. The molecule has 4 unspecified atom stereocenters.